The quantitative estimate of drug-likeness (QED) is 0.468. The lowest BCUT2D eigenvalue weighted by Crippen LogP contribution is -2.40. The van der Waals surface area contributed by atoms with E-state index in [1.165, 1.54) is 0 Å². The van der Waals surface area contributed by atoms with Gasteiger partial charge in [0.25, 0.3) is 11.8 Å². The molecule has 1 aliphatic heterocycles. The molecule has 8 heteroatoms. The standard InChI is InChI=1S/C27H27N5O3/c1-18(2)32-25-23(17-28-32)22(16-24(30-25)19-6-4-3-5-7-19)26(33)29-21-10-8-20(9-11-21)27(34)31-12-14-35-15-13-31/h3-11,16-18H,12-15H2,1-2H3,(H,29,33). The van der Waals surface area contributed by atoms with E-state index < -0.39 is 0 Å². The van der Waals surface area contributed by atoms with Crippen LogP contribution in [0, 0.1) is 0 Å². The minimum absolute atomic E-state index is 0.0318. The Morgan fingerprint density at radius 2 is 1.71 bits per heavy atom. The number of ether oxygens (including phenoxy) is 1. The number of hydrogen-bond acceptors (Lipinski definition) is 5. The lowest BCUT2D eigenvalue weighted by molar-refractivity contribution is 0.0303. The Morgan fingerprint density at radius 1 is 1.00 bits per heavy atom. The van der Waals surface area contributed by atoms with Gasteiger partial charge in [0.15, 0.2) is 5.65 Å². The molecular formula is C27H27N5O3. The van der Waals surface area contributed by atoms with E-state index >= 15 is 0 Å². The largest absolute Gasteiger partial charge is 0.378 e. The first kappa shape index (κ1) is 22.7. The smallest absolute Gasteiger partial charge is 0.256 e. The summed E-state index contributed by atoms with van der Waals surface area (Å²) in [4.78, 5) is 32.7. The fourth-order valence-corrected chi connectivity index (χ4v) is 4.18. The summed E-state index contributed by atoms with van der Waals surface area (Å²) in [5.74, 6) is -0.291. The monoisotopic (exact) mass is 469 g/mol. The molecule has 2 aromatic heterocycles. The van der Waals surface area contributed by atoms with Gasteiger partial charge in [0.1, 0.15) is 0 Å². The van der Waals surface area contributed by atoms with Crippen molar-refractivity contribution in [2.24, 2.45) is 0 Å². The first-order valence-corrected chi connectivity index (χ1v) is 11.7. The number of carbonyl (C=O) groups is 2. The SMILES string of the molecule is CC(C)n1ncc2c(C(=O)Nc3ccc(C(=O)N4CCOCC4)cc3)cc(-c3ccccc3)nc21. The molecule has 0 aliphatic carbocycles. The second-order valence-electron chi connectivity index (χ2n) is 8.78. The first-order valence-electron chi connectivity index (χ1n) is 11.7. The fraction of sp³-hybridized carbons (Fsp3) is 0.259. The third kappa shape index (κ3) is 4.65. The summed E-state index contributed by atoms with van der Waals surface area (Å²) in [6.45, 7) is 6.34. The zero-order chi connectivity index (χ0) is 24.4. The van der Waals surface area contributed by atoms with Crippen molar-refractivity contribution in [3.05, 3.63) is 78.0 Å². The van der Waals surface area contributed by atoms with Gasteiger partial charge in [-0.3, -0.25) is 9.59 Å². The number of benzene rings is 2. The Balaban J connectivity index is 1.44. The fourth-order valence-electron chi connectivity index (χ4n) is 4.18. The van der Waals surface area contributed by atoms with E-state index in [1.54, 1.807) is 41.4 Å². The summed E-state index contributed by atoms with van der Waals surface area (Å²) >= 11 is 0. The van der Waals surface area contributed by atoms with Crippen LogP contribution in [0.4, 0.5) is 5.69 Å². The number of fused-ring (bicyclic) bond motifs is 1. The average Bonchev–Trinajstić information content (AvgIpc) is 3.33. The van der Waals surface area contributed by atoms with Crippen LogP contribution in [0.1, 0.15) is 40.6 Å². The van der Waals surface area contributed by atoms with Crippen molar-refractivity contribution in [1.29, 1.82) is 0 Å². The third-order valence-electron chi connectivity index (χ3n) is 6.06. The molecule has 0 saturated carbocycles. The van der Waals surface area contributed by atoms with Crippen LogP contribution in [0.2, 0.25) is 0 Å². The molecule has 2 aromatic carbocycles. The molecule has 8 nitrogen and oxygen atoms in total. The maximum absolute atomic E-state index is 13.4. The van der Waals surface area contributed by atoms with Gasteiger partial charge in [-0.2, -0.15) is 5.10 Å². The third-order valence-corrected chi connectivity index (χ3v) is 6.06. The summed E-state index contributed by atoms with van der Waals surface area (Å²) in [5.41, 5.74) is 3.98. The van der Waals surface area contributed by atoms with Gasteiger partial charge in [-0.15, -0.1) is 0 Å². The normalized spacial score (nSPS) is 13.9. The van der Waals surface area contributed by atoms with Crippen LogP contribution in [0.25, 0.3) is 22.3 Å². The Hall–Kier alpha value is -4.04. The van der Waals surface area contributed by atoms with Gasteiger partial charge in [0.05, 0.1) is 36.1 Å². The summed E-state index contributed by atoms with van der Waals surface area (Å²) in [7, 11) is 0. The number of rotatable bonds is 5. The number of nitrogens with one attached hydrogen (secondary N) is 1. The van der Waals surface area contributed by atoms with Gasteiger partial charge in [0.2, 0.25) is 0 Å². The number of hydrogen-bond donors (Lipinski definition) is 1. The predicted octanol–water partition coefficient (Wildman–Crippen LogP) is 4.40. The van der Waals surface area contributed by atoms with Crippen LogP contribution < -0.4 is 5.32 Å². The molecule has 1 N–H and O–H groups in total. The van der Waals surface area contributed by atoms with Crippen molar-refractivity contribution < 1.29 is 14.3 Å². The topological polar surface area (TPSA) is 89.4 Å². The maximum atomic E-state index is 13.4. The van der Waals surface area contributed by atoms with Crippen LogP contribution in [0.15, 0.2) is 66.9 Å². The summed E-state index contributed by atoms with van der Waals surface area (Å²) < 4.78 is 7.14. The molecule has 0 atom stereocenters. The number of nitrogens with zero attached hydrogens (tertiary/aromatic N) is 4. The molecule has 1 aliphatic rings. The number of amides is 2. The van der Waals surface area contributed by atoms with E-state index in [-0.39, 0.29) is 17.9 Å². The van der Waals surface area contributed by atoms with Gasteiger partial charge >= 0.3 is 0 Å². The van der Waals surface area contributed by atoms with Crippen molar-refractivity contribution in [1.82, 2.24) is 19.7 Å². The van der Waals surface area contributed by atoms with E-state index in [2.05, 4.69) is 10.4 Å². The number of aromatic nitrogens is 3. The van der Waals surface area contributed by atoms with E-state index in [9.17, 15) is 9.59 Å². The molecule has 0 unspecified atom stereocenters. The molecule has 2 amide bonds. The molecule has 3 heterocycles. The minimum Gasteiger partial charge on any atom is -0.378 e. The second kappa shape index (κ2) is 9.68. The van der Waals surface area contributed by atoms with Crippen LogP contribution in [-0.2, 0) is 4.74 Å². The molecule has 4 aromatic rings. The highest BCUT2D eigenvalue weighted by atomic mass is 16.5. The average molecular weight is 470 g/mol. The molecule has 1 fully saturated rings. The first-order chi connectivity index (χ1) is 17.0. The maximum Gasteiger partial charge on any atom is 0.256 e. The van der Waals surface area contributed by atoms with Crippen molar-refractivity contribution in [2.75, 3.05) is 31.6 Å². The van der Waals surface area contributed by atoms with Crippen molar-refractivity contribution >= 4 is 28.5 Å². The van der Waals surface area contributed by atoms with Gasteiger partial charge in [-0.05, 0) is 44.2 Å². The molecule has 178 valence electrons. The van der Waals surface area contributed by atoms with Crippen LogP contribution >= 0.6 is 0 Å². The minimum atomic E-state index is -0.259. The Morgan fingerprint density at radius 3 is 2.40 bits per heavy atom. The Labute approximate surface area is 203 Å². The van der Waals surface area contributed by atoms with Gasteiger partial charge in [-0.25, -0.2) is 9.67 Å². The highest BCUT2D eigenvalue weighted by molar-refractivity contribution is 6.12. The number of morpholine rings is 1. The van der Waals surface area contributed by atoms with Crippen LogP contribution in [0.3, 0.4) is 0 Å². The number of pyridine rings is 1. The van der Waals surface area contributed by atoms with Crippen molar-refractivity contribution in [3.63, 3.8) is 0 Å². The number of anilines is 1. The van der Waals surface area contributed by atoms with E-state index in [0.29, 0.717) is 59.8 Å². The lowest BCUT2D eigenvalue weighted by Gasteiger charge is -2.26. The van der Waals surface area contributed by atoms with Gasteiger partial charge in [0, 0.05) is 35.9 Å². The lowest BCUT2D eigenvalue weighted by atomic mass is 10.1. The van der Waals surface area contributed by atoms with E-state index in [4.69, 9.17) is 9.72 Å². The van der Waals surface area contributed by atoms with Crippen LogP contribution in [-0.4, -0.2) is 57.8 Å². The van der Waals surface area contributed by atoms with Crippen molar-refractivity contribution in [2.45, 2.75) is 19.9 Å². The highest BCUT2D eigenvalue weighted by Crippen LogP contribution is 2.27. The molecule has 5 rings (SSSR count). The second-order valence-corrected chi connectivity index (χ2v) is 8.78. The predicted molar refractivity (Wildman–Crippen MR) is 134 cm³/mol. The zero-order valence-corrected chi connectivity index (χ0v) is 19.8. The molecule has 0 bridgehead atoms. The molecular weight excluding hydrogens is 442 g/mol. The number of carbonyl (C=O) groups excluding carboxylic acids is 2. The molecule has 0 spiro atoms. The molecule has 35 heavy (non-hydrogen) atoms. The molecule has 0 radical (unpaired) electrons. The molecule has 1 saturated heterocycles. The Kier molecular flexibility index (Phi) is 6.29. The van der Waals surface area contributed by atoms with Crippen molar-refractivity contribution in [3.8, 4) is 11.3 Å². The summed E-state index contributed by atoms with van der Waals surface area (Å²) in [6.07, 6.45) is 1.69. The van der Waals surface area contributed by atoms with E-state index in [0.717, 1.165) is 5.56 Å². The highest BCUT2D eigenvalue weighted by Gasteiger charge is 2.20. The zero-order valence-electron chi connectivity index (χ0n) is 19.8. The van der Waals surface area contributed by atoms with Gasteiger partial charge < -0.3 is 15.0 Å². The van der Waals surface area contributed by atoms with Crippen LogP contribution in [0.5, 0.6) is 0 Å². The summed E-state index contributed by atoms with van der Waals surface area (Å²) in [5, 5.41) is 8.13. The summed E-state index contributed by atoms with van der Waals surface area (Å²) in [6, 6.07) is 18.6. The van der Waals surface area contributed by atoms with Gasteiger partial charge in [-0.1, -0.05) is 30.3 Å². The van der Waals surface area contributed by atoms with E-state index in [1.807, 2.05) is 48.9 Å². The Bertz CT molecular complexity index is 1360.